The largest absolute Gasteiger partial charge is 0.491 e. The maximum atomic E-state index is 15.3. The Morgan fingerprint density at radius 3 is 1.81 bits per heavy atom. The summed E-state index contributed by atoms with van der Waals surface area (Å²) in [6.45, 7) is 8.38. The first-order chi connectivity index (χ1) is 22.4. The fraction of sp³-hybridized carbons (Fsp3) is 0.429. The number of primary amides is 1. The topological polar surface area (TPSA) is 131 Å². The first kappa shape index (κ1) is 36.4. The normalized spacial score (nSPS) is 25.0. The van der Waals surface area contributed by atoms with Crippen molar-refractivity contribution in [1.29, 1.82) is 0 Å². The summed E-state index contributed by atoms with van der Waals surface area (Å²) in [6.07, 6.45) is 2.14. The summed E-state index contributed by atoms with van der Waals surface area (Å²) < 4.78 is 32.5. The van der Waals surface area contributed by atoms with Crippen molar-refractivity contribution in [3.8, 4) is 5.75 Å². The van der Waals surface area contributed by atoms with Gasteiger partial charge in [-0.1, -0.05) is 59.1 Å². The van der Waals surface area contributed by atoms with Gasteiger partial charge in [0.2, 0.25) is 5.91 Å². The maximum Gasteiger partial charge on any atom is 0.262 e. The minimum Gasteiger partial charge on any atom is -0.491 e. The van der Waals surface area contributed by atoms with Gasteiger partial charge >= 0.3 is 0 Å². The number of hydrogen-bond acceptors (Lipinski definition) is 7. The van der Waals surface area contributed by atoms with E-state index < -0.39 is 26.6 Å². The third-order valence-electron chi connectivity index (χ3n) is 9.63. The van der Waals surface area contributed by atoms with Crippen LogP contribution in [0.1, 0.15) is 63.6 Å². The summed E-state index contributed by atoms with van der Waals surface area (Å²) in [5, 5.41) is 8.51. The van der Waals surface area contributed by atoms with Crippen molar-refractivity contribution in [1.82, 2.24) is 15.5 Å². The zero-order valence-corrected chi connectivity index (χ0v) is 30.7. The van der Waals surface area contributed by atoms with Crippen LogP contribution in [0.25, 0.3) is 0 Å². The Hall–Kier alpha value is -2.86. The van der Waals surface area contributed by atoms with E-state index in [4.69, 9.17) is 45.3 Å². The van der Waals surface area contributed by atoms with E-state index in [1.54, 1.807) is 29.2 Å². The summed E-state index contributed by atoms with van der Waals surface area (Å²) in [5.74, 6) is -0.415. The Labute approximate surface area is 297 Å². The lowest BCUT2D eigenvalue weighted by molar-refractivity contribution is -0.141. The molecule has 48 heavy (non-hydrogen) atoms. The van der Waals surface area contributed by atoms with Gasteiger partial charge in [-0.2, -0.15) is 0 Å². The number of piperidine rings is 1. The van der Waals surface area contributed by atoms with E-state index >= 15 is 4.79 Å². The fourth-order valence-corrected chi connectivity index (χ4v) is 8.57. The minimum absolute atomic E-state index is 0.0225. The number of nitrogens with one attached hydrogen (secondary N) is 2. The molecule has 258 valence electrons. The highest BCUT2D eigenvalue weighted by Crippen LogP contribution is 2.52. The number of carbonyl (C=O) groups is 2. The van der Waals surface area contributed by atoms with Gasteiger partial charge in [-0.25, -0.2) is 8.42 Å². The number of likely N-dealkylation sites (tertiary alicyclic amines) is 1. The van der Waals surface area contributed by atoms with Gasteiger partial charge < -0.3 is 15.4 Å². The Morgan fingerprint density at radius 2 is 1.40 bits per heavy atom. The second kappa shape index (κ2) is 13.5. The molecule has 4 N–H and O–H groups in total. The molecular weight excluding hydrogens is 695 g/mol. The molecule has 3 aromatic rings. The van der Waals surface area contributed by atoms with E-state index in [2.05, 4.69) is 10.6 Å². The molecule has 9 nitrogen and oxygen atoms in total. The predicted molar refractivity (Wildman–Crippen MR) is 189 cm³/mol. The van der Waals surface area contributed by atoms with Crippen molar-refractivity contribution in [3.63, 3.8) is 0 Å². The Kier molecular flexibility index (Phi) is 10.2. The first-order valence-electron chi connectivity index (χ1n) is 15.8. The zero-order chi connectivity index (χ0) is 35.2. The summed E-state index contributed by atoms with van der Waals surface area (Å²) in [7, 11) is -3.84. The quantitative estimate of drug-likeness (QED) is 0.241. The van der Waals surface area contributed by atoms with Crippen molar-refractivity contribution in [2.75, 3.05) is 19.3 Å². The molecule has 0 aliphatic carbocycles. The molecule has 0 aromatic heterocycles. The third kappa shape index (κ3) is 6.80. The predicted octanol–water partition coefficient (Wildman–Crippen LogP) is 6.13. The maximum absolute atomic E-state index is 15.3. The van der Waals surface area contributed by atoms with Crippen molar-refractivity contribution in [2.45, 2.75) is 74.7 Å². The van der Waals surface area contributed by atoms with E-state index in [9.17, 15) is 13.2 Å². The lowest BCUT2D eigenvalue weighted by Crippen LogP contribution is -2.61. The molecule has 3 aromatic carbocycles. The van der Waals surface area contributed by atoms with Crippen LogP contribution in [0.5, 0.6) is 5.75 Å². The van der Waals surface area contributed by atoms with Crippen LogP contribution in [0, 0.1) is 5.92 Å². The van der Waals surface area contributed by atoms with Crippen molar-refractivity contribution >= 4 is 56.5 Å². The van der Waals surface area contributed by atoms with Crippen molar-refractivity contribution in [2.24, 2.45) is 11.7 Å². The van der Waals surface area contributed by atoms with E-state index in [0.29, 0.717) is 36.0 Å². The SMILES string of the molecule is CC(C)Oc1cc(Cl)c(S(C)(=O)=O)cc1C1(C(=O)N2CCC(CC(N)=O)CC2)N[C@@](C)(c2ccc(Cl)cc2)[C@@](C)(c2ccc(Cl)cc2)N1. The van der Waals surface area contributed by atoms with Gasteiger partial charge in [0.15, 0.2) is 15.5 Å². The molecule has 2 saturated heterocycles. The van der Waals surface area contributed by atoms with Crippen LogP contribution in [0.3, 0.4) is 0 Å². The smallest absolute Gasteiger partial charge is 0.262 e. The molecule has 2 aliphatic heterocycles. The molecule has 2 aliphatic rings. The van der Waals surface area contributed by atoms with Gasteiger partial charge in [0.1, 0.15) is 5.75 Å². The third-order valence-corrected chi connectivity index (χ3v) is 11.7. The number of hydrogen-bond donors (Lipinski definition) is 3. The molecule has 2 amide bonds. The molecule has 5 rings (SSSR count). The summed E-state index contributed by atoms with van der Waals surface area (Å²) in [5.41, 5.74) is 3.60. The number of sulfone groups is 1. The van der Waals surface area contributed by atoms with Crippen LogP contribution in [-0.2, 0) is 36.2 Å². The van der Waals surface area contributed by atoms with Crippen molar-refractivity contribution in [3.05, 3.63) is 92.4 Å². The molecule has 3 atom stereocenters. The molecule has 0 spiro atoms. The van der Waals surface area contributed by atoms with Gasteiger partial charge in [0.05, 0.1) is 27.1 Å². The second-order valence-corrected chi connectivity index (χ2v) is 16.7. The van der Waals surface area contributed by atoms with E-state index in [-0.39, 0.29) is 51.5 Å². The summed E-state index contributed by atoms with van der Waals surface area (Å²) in [4.78, 5) is 28.6. The van der Waals surface area contributed by atoms with Crippen LogP contribution in [-0.4, -0.2) is 50.6 Å². The van der Waals surface area contributed by atoms with Gasteiger partial charge in [-0.05, 0) is 87.9 Å². The molecule has 0 bridgehead atoms. The number of halogens is 3. The summed E-state index contributed by atoms with van der Waals surface area (Å²) in [6, 6.07) is 17.6. The lowest BCUT2D eigenvalue weighted by atomic mass is 9.72. The number of rotatable bonds is 9. The van der Waals surface area contributed by atoms with Gasteiger partial charge in [0.25, 0.3) is 5.91 Å². The first-order valence-corrected chi connectivity index (χ1v) is 18.8. The summed E-state index contributed by atoms with van der Waals surface area (Å²) >= 11 is 19.3. The molecule has 2 fully saturated rings. The number of carbonyl (C=O) groups excluding carboxylic acids is 2. The van der Waals surface area contributed by atoms with Crippen LogP contribution in [0.4, 0.5) is 0 Å². The van der Waals surface area contributed by atoms with Gasteiger partial charge in [0, 0.05) is 47.4 Å². The van der Waals surface area contributed by atoms with Crippen LogP contribution in [0.15, 0.2) is 65.6 Å². The molecule has 13 heteroatoms. The van der Waals surface area contributed by atoms with Gasteiger partial charge in [-0.3, -0.25) is 20.2 Å². The lowest BCUT2D eigenvalue weighted by Gasteiger charge is -2.41. The number of benzene rings is 3. The minimum atomic E-state index is -3.84. The molecule has 2 heterocycles. The Bertz CT molecular complexity index is 1750. The standard InChI is InChI=1S/C35H41Cl3N4O5S/c1-21(2)47-29-20-28(38)30(48(5,45)46)19-27(29)35(32(44)42-16-14-22(15-17-42)18-31(39)43)40-33(3,23-6-10-25(36)11-7-23)34(4,41-35)24-8-12-26(37)13-9-24/h6-13,19-22,40-41H,14-18H2,1-5H3,(H2,39,43)/t33-,34+,35?. The number of ether oxygens (including phenoxy) is 1. The average Bonchev–Trinajstić information content (AvgIpc) is 3.25. The highest BCUT2D eigenvalue weighted by molar-refractivity contribution is 7.90. The van der Waals surface area contributed by atoms with Crippen LogP contribution < -0.4 is 21.1 Å². The second-order valence-electron chi connectivity index (χ2n) is 13.4. The van der Waals surface area contributed by atoms with Crippen molar-refractivity contribution < 1.29 is 22.7 Å². The van der Waals surface area contributed by atoms with E-state index in [0.717, 1.165) is 17.4 Å². The fourth-order valence-electron chi connectivity index (χ4n) is 7.00. The monoisotopic (exact) mass is 734 g/mol. The van der Waals surface area contributed by atoms with E-state index in [1.807, 2.05) is 52.0 Å². The molecule has 1 unspecified atom stereocenters. The Morgan fingerprint density at radius 1 is 0.917 bits per heavy atom. The zero-order valence-electron chi connectivity index (χ0n) is 27.6. The van der Waals surface area contributed by atoms with Crippen LogP contribution >= 0.6 is 34.8 Å². The molecule has 0 saturated carbocycles. The molecule has 0 radical (unpaired) electrons. The highest BCUT2D eigenvalue weighted by atomic mass is 35.5. The highest BCUT2D eigenvalue weighted by Gasteiger charge is 2.65. The van der Waals surface area contributed by atoms with E-state index in [1.165, 1.54) is 12.1 Å². The van der Waals surface area contributed by atoms with Crippen LogP contribution in [0.2, 0.25) is 15.1 Å². The molecular formula is C35H41Cl3N4O5S. The Balaban J connectivity index is 1.80. The number of nitrogens with two attached hydrogens (primary N) is 1. The van der Waals surface area contributed by atoms with Gasteiger partial charge in [-0.15, -0.1) is 0 Å². The number of nitrogens with zero attached hydrogens (tertiary/aromatic N) is 1. The average molecular weight is 736 g/mol. The number of amides is 2.